The first-order valence-electron chi connectivity index (χ1n) is 8.73. The Labute approximate surface area is 181 Å². The molecule has 0 heterocycles. The fourth-order valence-corrected chi connectivity index (χ4v) is 4.74. The summed E-state index contributed by atoms with van der Waals surface area (Å²) in [7, 11) is 0. The Hall–Kier alpha value is -2.10. The SMILES string of the molecule is CC1(C)C(C=C(Br)Br)C1(C(=O)O)[C@@H](C#N)c1cccc(Oc2ccccc2)c1. The van der Waals surface area contributed by atoms with Crippen LogP contribution in [0.4, 0.5) is 0 Å². The minimum atomic E-state index is -1.22. The molecule has 2 unspecified atom stereocenters. The Morgan fingerprint density at radius 3 is 2.39 bits per heavy atom. The monoisotopic (exact) mass is 503 g/mol. The standard InChI is InChI=1S/C22H19Br2NO3/c1-21(2)18(12-19(23)24)22(21,20(26)27)17(13-25)14-7-6-10-16(11-14)28-15-8-4-3-5-9-15/h3-12,17-18H,1-2H3,(H,26,27)/t17-,18?,22?/m0/s1. The van der Waals surface area contributed by atoms with E-state index in [-0.39, 0.29) is 5.92 Å². The Morgan fingerprint density at radius 2 is 1.82 bits per heavy atom. The second-order valence-electron chi connectivity index (χ2n) is 7.38. The van der Waals surface area contributed by atoms with Crippen molar-refractivity contribution in [3.05, 3.63) is 69.6 Å². The molecule has 3 atom stereocenters. The molecule has 2 aromatic rings. The summed E-state index contributed by atoms with van der Waals surface area (Å²) >= 11 is 6.65. The van der Waals surface area contributed by atoms with E-state index in [0.29, 0.717) is 20.5 Å². The van der Waals surface area contributed by atoms with Gasteiger partial charge in [0.2, 0.25) is 0 Å². The molecule has 0 bridgehead atoms. The maximum Gasteiger partial charge on any atom is 0.312 e. The molecule has 0 amide bonds. The van der Waals surface area contributed by atoms with Crippen molar-refractivity contribution in [1.29, 1.82) is 5.26 Å². The lowest BCUT2D eigenvalue weighted by Gasteiger charge is -2.22. The second kappa shape index (κ2) is 7.73. The molecule has 1 N–H and O–H groups in total. The van der Waals surface area contributed by atoms with E-state index < -0.39 is 22.7 Å². The number of carbonyl (C=O) groups is 1. The number of nitriles is 1. The van der Waals surface area contributed by atoms with Crippen molar-refractivity contribution in [2.75, 3.05) is 0 Å². The lowest BCUT2D eigenvalue weighted by Crippen LogP contribution is -2.28. The van der Waals surface area contributed by atoms with Crippen molar-refractivity contribution in [2.24, 2.45) is 16.7 Å². The van der Waals surface area contributed by atoms with Crippen molar-refractivity contribution >= 4 is 37.8 Å². The first-order chi connectivity index (χ1) is 13.2. The van der Waals surface area contributed by atoms with Crippen LogP contribution < -0.4 is 4.74 Å². The minimum absolute atomic E-state index is 0.297. The van der Waals surface area contributed by atoms with Gasteiger partial charge >= 0.3 is 5.97 Å². The molecule has 3 rings (SSSR count). The van der Waals surface area contributed by atoms with Gasteiger partial charge in [-0.1, -0.05) is 50.3 Å². The molecule has 0 radical (unpaired) electrons. The number of carboxylic acids is 1. The van der Waals surface area contributed by atoms with Gasteiger partial charge in [-0.15, -0.1) is 0 Å². The first-order valence-corrected chi connectivity index (χ1v) is 10.3. The van der Waals surface area contributed by atoms with Crippen LogP contribution in [0.2, 0.25) is 0 Å². The van der Waals surface area contributed by atoms with Crippen molar-refractivity contribution in [2.45, 2.75) is 19.8 Å². The molecule has 144 valence electrons. The number of allylic oxidation sites excluding steroid dienone is 1. The molecule has 1 fully saturated rings. The van der Waals surface area contributed by atoms with Crippen LogP contribution in [0, 0.1) is 28.1 Å². The third kappa shape index (κ3) is 3.38. The minimum Gasteiger partial charge on any atom is -0.481 e. The van der Waals surface area contributed by atoms with Crippen molar-refractivity contribution in [1.82, 2.24) is 0 Å². The molecule has 1 aliphatic carbocycles. The van der Waals surface area contributed by atoms with Gasteiger partial charge in [-0.2, -0.15) is 5.26 Å². The van der Waals surface area contributed by atoms with E-state index in [0.717, 1.165) is 0 Å². The zero-order chi connectivity index (χ0) is 20.5. The molecular weight excluding hydrogens is 486 g/mol. The Morgan fingerprint density at radius 1 is 1.18 bits per heavy atom. The van der Waals surface area contributed by atoms with Crippen LogP contribution in [0.5, 0.6) is 11.5 Å². The van der Waals surface area contributed by atoms with Crippen LogP contribution in [0.3, 0.4) is 0 Å². The number of ether oxygens (including phenoxy) is 1. The number of para-hydroxylation sites is 1. The molecule has 0 spiro atoms. The van der Waals surface area contributed by atoms with Gasteiger partial charge in [0.05, 0.1) is 15.4 Å². The molecule has 0 aliphatic heterocycles. The van der Waals surface area contributed by atoms with Gasteiger partial charge in [0.25, 0.3) is 0 Å². The lowest BCUT2D eigenvalue weighted by atomic mass is 9.78. The summed E-state index contributed by atoms with van der Waals surface area (Å²) in [5.74, 6) is -0.843. The van der Waals surface area contributed by atoms with Gasteiger partial charge in [-0.05, 0) is 67.1 Å². The number of benzene rings is 2. The predicted octanol–water partition coefficient (Wildman–Crippen LogP) is 6.44. The summed E-state index contributed by atoms with van der Waals surface area (Å²) in [6, 6.07) is 18.7. The average Bonchev–Trinajstić information content (AvgIpc) is 3.12. The van der Waals surface area contributed by atoms with Crippen molar-refractivity contribution < 1.29 is 14.6 Å². The quantitative estimate of drug-likeness (QED) is 0.491. The van der Waals surface area contributed by atoms with Gasteiger partial charge in [-0.3, -0.25) is 4.79 Å². The highest BCUT2D eigenvalue weighted by Gasteiger charge is 2.78. The fourth-order valence-electron chi connectivity index (χ4n) is 4.21. The number of rotatable bonds is 6. The van der Waals surface area contributed by atoms with E-state index in [1.165, 1.54) is 0 Å². The molecule has 4 nitrogen and oxygen atoms in total. The first kappa shape index (κ1) is 20.6. The van der Waals surface area contributed by atoms with Crippen LogP contribution in [0.1, 0.15) is 25.3 Å². The zero-order valence-electron chi connectivity index (χ0n) is 15.4. The molecule has 0 saturated heterocycles. The molecule has 0 aromatic heterocycles. The van der Waals surface area contributed by atoms with Gasteiger partial charge < -0.3 is 9.84 Å². The van der Waals surface area contributed by atoms with E-state index in [9.17, 15) is 15.2 Å². The number of carboxylic acid groups (broad SMARTS) is 1. The number of hydrogen-bond acceptors (Lipinski definition) is 3. The second-order valence-corrected chi connectivity index (χ2v) is 10.2. The smallest absolute Gasteiger partial charge is 0.312 e. The highest BCUT2D eigenvalue weighted by molar-refractivity contribution is 9.28. The molecular formula is C22H19Br2NO3. The molecule has 28 heavy (non-hydrogen) atoms. The summed E-state index contributed by atoms with van der Waals surface area (Å²) in [6.45, 7) is 3.78. The molecule has 6 heteroatoms. The zero-order valence-corrected chi connectivity index (χ0v) is 18.6. The summed E-state index contributed by atoms with van der Waals surface area (Å²) < 4.78 is 6.55. The molecule has 2 aromatic carbocycles. The Kier molecular flexibility index (Phi) is 5.69. The van der Waals surface area contributed by atoms with Gasteiger partial charge in [0.15, 0.2) is 0 Å². The fraction of sp³-hybridized carbons (Fsp3) is 0.273. The van der Waals surface area contributed by atoms with Crippen LogP contribution in [0.15, 0.2) is 64.1 Å². The van der Waals surface area contributed by atoms with Gasteiger partial charge in [0.1, 0.15) is 16.9 Å². The van der Waals surface area contributed by atoms with Crippen LogP contribution in [0.25, 0.3) is 0 Å². The number of halogens is 2. The van der Waals surface area contributed by atoms with E-state index in [1.807, 2.05) is 50.3 Å². The summed E-state index contributed by atoms with van der Waals surface area (Å²) in [5.41, 5.74) is -1.17. The normalized spacial score (nSPS) is 23.2. The average molecular weight is 505 g/mol. The molecule has 1 aliphatic rings. The Bertz CT molecular complexity index is 961. The number of nitrogens with zero attached hydrogens (tertiary/aromatic N) is 1. The van der Waals surface area contributed by atoms with E-state index in [1.54, 1.807) is 24.3 Å². The predicted molar refractivity (Wildman–Crippen MR) is 115 cm³/mol. The number of aliphatic carboxylic acids is 1. The van der Waals surface area contributed by atoms with Crippen LogP contribution in [-0.2, 0) is 4.79 Å². The topological polar surface area (TPSA) is 70.3 Å². The summed E-state index contributed by atoms with van der Waals surface area (Å²) in [5, 5.41) is 20.1. The third-order valence-corrected chi connectivity index (χ3v) is 6.18. The van der Waals surface area contributed by atoms with Gasteiger partial charge in [-0.25, -0.2) is 0 Å². The largest absolute Gasteiger partial charge is 0.481 e. The van der Waals surface area contributed by atoms with Crippen LogP contribution >= 0.6 is 31.9 Å². The third-order valence-electron chi connectivity index (χ3n) is 5.65. The highest BCUT2D eigenvalue weighted by Crippen LogP contribution is 2.75. The van der Waals surface area contributed by atoms with Crippen LogP contribution in [-0.4, -0.2) is 11.1 Å². The van der Waals surface area contributed by atoms with E-state index >= 15 is 0 Å². The summed E-state index contributed by atoms with van der Waals surface area (Å²) in [4.78, 5) is 12.4. The maximum atomic E-state index is 12.4. The maximum absolute atomic E-state index is 12.4. The van der Waals surface area contributed by atoms with Crippen molar-refractivity contribution in [3.63, 3.8) is 0 Å². The summed E-state index contributed by atoms with van der Waals surface area (Å²) in [6.07, 6.45) is 1.82. The lowest BCUT2D eigenvalue weighted by molar-refractivity contribution is -0.145. The van der Waals surface area contributed by atoms with E-state index in [2.05, 4.69) is 37.9 Å². The van der Waals surface area contributed by atoms with E-state index in [4.69, 9.17) is 4.74 Å². The van der Waals surface area contributed by atoms with Gasteiger partial charge in [0, 0.05) is 5.92 Å². The van der Waals surface area contributed by atoms with Crippen molar-refractivity contribution in [3.8, 4) is 17.6 Å². The highest BCUT2D eigenvalue weighted by atomic mass is 79.9. The Balaban J connectivity index is 2.01. The molecule has 1 saturated carbocycles. The number of hydrogen-bond donors (Lipinski definition) is 1.